The van der Waals surface area contributed by atoms with Crippen molar-refractivity contribution in [1.82, 2.24) is 9.97 Å². The SMILES string of the molecule is COc1cc([N+](=O)[O-])ccc1Oc1ncnc(N)c1Cl. The van der Waals surface area contributed by atoms with Crippen LogP contribution in [0.25, 0.3) is 0 Å². The molecule has 0 bridgehead atoms. The highest BCUT2D eigenvalue weighted by molar-refractivity contribution is 6.34. The van der Waals surface area contributed by atoms with E-state index < -0.39 is 4.92 Å². The van der Waals surface area contributed by atoms with E-state index in [2.05, 4.69) is 9.97 Å². The third kappa shape index (κ3) is 2.69. The number of non-ortho nitro benzene ring substituents is 1. The fraction of sp³-hybridized carbons (Fsp3) is 0.0909. The number of ether oxygens (including phenoxy) is 2. The van der Waals surface area contributed by atoms with Crippen molar-refractivity contribution in [2.75, 3.05) is 12.8 Å². The van der Waals surface area contributed by atoms with Gasteiger partial charge in [0.05, 0.1) is 18.1 Å². The van der Waals surface area contributed by atoms with Crippen LogP contribution in [0.4, 0.5) is 11.5 Å². The van der Waals surface area contributed by atoms with E-state index >= 15 is 0 Å². The summed E-state index contributed by atoms with van der Waals surface area (Å²) in [4.78, 5) is 17.7. The Kier molecular flexibility index (Phi) is 3.85. The van der Waals surface area contributed by atoms with Gasteiger partial charge in [0.2, 0.25) is 5.88 Å². The van der Waals surface area contributed by atoms with Crippen molar-refractivity contribution in [1.29, 1.82) is 0 Å². The molecule has 2 rings (SSSR count). The summed E-state index contributed by atoms with van der Waals surface area (Å²) >= 11 is 5.90. The molecule has 1 aromatic carbocycles. The van der Waals surface area contributed by atoms with Crippen LogP contribution in [0, 0.1) is 10.1 Å². The Morgan fingerprint density at radius 2 is 2.10 bits per heavy atom. The second-order valence-electron chi connectivity index (χ2n) is 3.57. The molecule has 1 aromatic heterocycles. The molecule has 0 atom stereocenters. The van der Waals surface area contributed by atoms with E-state index in [0.29, 0.717) is 0 Å². The van der Waals surface area contributed by atoms with Crippen LogP contribution >= 0.6 is 11.6 Å². The number of halogens is 1. The lowest BCUT2D eigenvalue weighted by Crippen LogP contribution is -1.98. The molecule has 0 spiro atoms. The van der Waals surface area contributed by atoms with E-state index in [1.165, 1.54) is 31.6 Å². The van der Waals surface area contributed by atoms with Crippen molar-refractivity contribution in [2.24, 2.45) is 0 Å². The van der Waals surface area contributed by atoms with Crippen LogP contribution in [0.15, 0.2) is 24.5 Å². The number of nitro groups is 1. The fourth-order valence-corrected chi connectivity index (χ4v) is 1.53. The predicted molar refractivity (Wildman–Crippen MR) is 71.2 cm³/mol. The number of rotatable bonds is 4. The van der Waals surface area contributed by atoms with Crippen LogP contribution in [-0.4, -0.2) is 22.0 Å². The Labute approximate surface area is 118 Å². The Balaban J connectivity index is 2.38. The predicted octanol–water partition coefficient (Wildman–Crippen LogP) is 2.42. The molecule has 0 unspecified atom stereocenters. The maximum Gasteiger partial charge on any atom is 0.273 e. The first-order valence-electron chi connectivity index (χ1n) is 5.29. The average Bonchev–Trinajstić information content (AvgIpc) is 2.44. The van der Waals surface area contributed by atoms with Crippen LogP contribution in [0.3, 0.4) is 0 Å². The first-order chi connectivity index (χ1) is 9.52. The smallest absolute Gasteiger partial charge is 0.273 e. The number of anilines is 1. The number of nitro benzene ring substituents is 1. The lowest BCUT2D eigenvalue weighted by molar-refractivity contribution is -0.384. The first-order valence-corrected chi connectivity index (χ1v) is 5.67. The number of nitrogens with two attached hydrogens (primary N) is 1. The molecule has 0 aliphatic carbocycles. The Morgan fingerprint density at radius 3 is 2.75 bits per heavy atom. The highest BCUT2D eigenvalue weighted by Gasteiger charge is 2.15. The van der Waals surface area contributed by atoms with Crippen LogP contribution in [-0.2, 0) is 0 Å². The summed E-state index contributed by atoms with van der Waals surface area (Å²) in [6.45, 7) is 0. The van der Waals surface area contributed by atoms with Gasteiger partial charge in [-0.1, -0.05) is 11.6 Å². The zero-order valence-corrected chi connectivity index (χ0v) is 11.0. The molecule has 9 heteroatoms. The number of nitrogen functional groups attached to an aromatic ring is 1. The summed E-state index contributed by atoms with van der Waals surface area (Å²) in [6, 6.07) is 3.88. The van der Waals surface area contributed by atoms with Crippen molar-refractivity contribution in [3.63, 3.8) is 0 Å². The summed E-state index contributed by atoms with van der Waals surface area (Å²) in [5.74, 6) is 0.495. The van der Waals surface area contributed by atoms with E-state index in [0.717, 1.165) is 0 Å². The van der Waals surface area contributed by atoms with Crippen LogP contribution in [0.1, 0.15) is 0 Å². The molecule has 1 heterocycles. The molecule has 104 valence electrons. The Morgan fingerprint density at radius 1 is 1.35 bits per heavy atom. The van der Waals surface area contributed by atoms with Crippen molar-refractivity contribution in [3.8, 4) is 17.4 Å². The fourth-order valence-electron chi connectivity index (χ4n) is 1.40. The van der Waals surface area contributed by atoms with Gasteiger partial charge in [-0.05, 0) is 6.07 Å². The maximum absolute atomic E-state index is 10.7. The van der Waals surface area contributed by atoms with E-state index in [1.54, 1.807) is 0 Å². The van der Waals surface area contributed by atoms with Crippen molar-refractivity contribution >= 4 is 23.1 Å². The second-order valence-corrected chi connectivity index (χ2v) is 3.95. The molecule has 0 saturated carbocycles. The zero-order chi connectivity index (χ0) is 14.7. The minimum Gasteiger partial charge on any atom is -0.493 e. The largest absolute Gasteiger partial charge is 0.493 e. The molecule has 2 aromatic rings. The van der Waals surface area contributed by atoms with Gasteiger partial charge in [-0.25, -0.2) is 4.98 Å². The van der Waals surface area contributed by atoms with Gasteiger partial charge in [0.25, 0.3) is 5.69 Å². The van der Waals surface area contributed by atoms with Crippen molar-refractivity contribution < 1.29 is 14.4 Å². The molecule has 0 radical (unpaired) electrons. The standard InChI is InChI=1S/C11H9ClN4O4/c1-19-8-4-6(16(17)18)2-3-7(8)20-11-9(12)10(13)14-5-15-11/h2-5H,1H3,(H2,13,14,15). The van der Waals surface area contributed by atoms with Crippen LogP contribution in [0.2, 0.25) is 5.02 Å². The number of aromatic nitrogens is 2. The average molecular weight is 297 g/mol. The number of hydrogen-bond acceptors (Lipinski definition) is 7. The van der Waals surface area contributed by atoms with Gasteiger partial charge in [-0.2, -0.15) is 4.98 Å². The molecule has 8 nitrogen and oxygen atoms in total. The minimum absolute atomic E-state index is 0.0336. The van der Waals surface area contributed by atoms with E-state index in [1.807, 2.05) is 0 Å². The molecular weight excluding hydrogens is 288 g/mol. The van der Waals surface area contributed by atoms with Gasteiger partial charge >= 0.3 is 0 Å². The molecule has 0 amide bonds. The minimum atomic E-state index is -0.540. The quantitative estimate of drug-likeness (QED) is 0.680. The van der Waals surface area contributed by atoms with Crippen LogP contribution < -0.4 is 15.2 Å². The number of methoxy groups -OCH3 is 1. The summed E-state index contributed by atoms with van der Waals surface area (Å²) < 4.78 is 10.5. The lowest BCUT2D eigenvalue weighted by atomic mass is 10.3. The summed E-state index contributed by atoms with van der Waals surface area (Å²) in [5.41, 5.74) is 5.40. The monoisotopic (exact) mass is 296 g/mol. The number of hydrogen-bond donors (Lipinski definition) is 1. The Bertz CT molecular complexity index is 665. The Hall–Kier alpha value is -2.61. The topological polar surface area (TPSA) is 113 Å². The van der Waals surface area contributed by atoms with Crippen molar-refractivity contribution in [2.45, 2.75) is 0 Å². The molecule has 0 saturated heterocycles. The molecule has 20 heavy (non-hydrogen) atoms. The molecule has 0 aliphatic rings. The molecule has 0 fully saturated rings. The normalized spacial score (nSPS) is 10.1. The highest BCUT2D eigenvalue weighted by atomic mass is 35.5. The van der Waals surface area contributed by atoms with Gasteiger partial charge in [0, 0.05) is 6.07 Å². The lowest BCUT2D eigenvalue weighted by Gasteiger charge is -2.10. The zero-order valence-electron chi connectivity index (χ0n) is 10.2. The number of benzene rings is 1. The third-order valence-corrected chi connectivity index (χ3v) is 2.70. The van der Waals surface area contributed by atoms with Crippen molar-refractivity contribution in [3.05, 3.63) is 39.7 Å². The number of nitrogens with zero attached hydrogens (tertiary/aromatic N) is 3. The second kappa shape index (κ2) is 5.57. The molecule has 2 N–H and O–H groups in total. The van der Waals surface area contributed by atoms with E-state index in [9.17, 15) is 10.1 Å². The summed E-state index contributed by atoms with van der Waals surface area (Å²) in [5, 5.41) is 10.7. The maximum atomic E-state index is 10.7. The van der Waals surface area contributed by atoms with Gasteiger partial charge in [0.15, 0.2) is 11.5 Å². The molecule has 0 aliphatic heterocycles. The third-order valence-electron chi connectivity index (χ3n) is 2.35. The molecular formula is C11H9ClN4O4. The first kappa shape index (κ1) is 13.8. The summed E-state index contributed by atoms with van der Waals surface area (Å²) in [7, 11) is 1.36. The van der Waals surface area contributed by atoms with Gasteiger partial charge < -0.3 is 15.2 Å². The summed E-state index contributed by atoms with van der Waals surface area (Å²) in [6.07, 6.45) is 1.19. The van der Waals surface area contributed by atoms with Gasteiger partial charge in [-0.3, -0.25) is 10.1 Å². The van der Waals surface area contributed by atoms with E-state index in [4.69, 9.17) is 26.8 Å². The highest BCUT2D eigenvalue weighted by Crippen LogP contribution is 2.36. The van der Waals surface area contributed by atoms with Gasteiger partial charge in [0.1, 0.15) is 17.2 Å². The van der Waals surface area contributed by atoms with E-state index in [-0.39, 0.29) is 33.9 Å². The van der Waals surface area contributed by atoms with Gasteiger partial charge in [-0.15, -0.1) is 0 Å². The van der Waals surface area contributed by atoms with Crippen LogP contribution in [0.5, 0.6) is 17.4 Å².